The average Bonchev–Trinajstić information content (AvgIpc) is 2.31. The van der Waals surface area contributed by atoms with Crippen molar-refractivity contribution in [2.45, 2.75) is 44.8 Å². The number of hydrogen-bond donors (Lipinski definition) is 1. The lowest BCUT2D eigenvalue weighted by Gasteiger charge is -2.23. The second kappa shape index (κ2) is 5.98. The number of ether oxygens (including phenoxy) is 1. The molecular formula is C15H23NOS. The molecule has 1 heterocycles. The quantitative estimate of drug-likeness (QED) is 0.907. The third-order valence-corrected chi connectivity index (χ3v) is 4.10. The van der Waals surface area contributed by atoms with Crippen molar-refractivity contribution in [2.75, 3.05) is 11.5 Å². The largest absolute Gasteiger partial charge is 0.490 e. The van der Waals surface area contributed by atoms with E-state index in [2.05, 4.69) is 38.1 Å². The SMILES string of the molecule is CC(C)(N)Cc1ccc(OC2CCSCC2)cc1. The molecule has 1 aliphatic rings. The van der Waals surface area contributed by atoms with E-state index >= 15 is 0 Å². The first-order valence-corrected chi connectivity index (χ1v) is 7.81. The van der Waals surface area contributed by atoms with Crippen LogP contribution in [-0.2, 0) is 6.42 Å². The Kier molecular flexibility index (Phi) is 4.57. The van der Waals surface area contributed by atoms with Gasteiger partial charge < -0.3 is 10.5 Å². The summed E-state index contributed by atoms with van der Waals surface area (Å²) >= 11 is 2.02. The number of thioether (sulfide) groups is 1. The van der Waals surface area contributed by atoms with Gasteiger partial charge in [-0.1, -0.05) is 12.1 Å². The van der Waals surface area contributed by atoms with Gasteiger partial charge in [0.15, 0.2) is 0 Å². The molecule has 1 aromatic rings. The molecule has 1 aliphatic heterocycles. The number of hydrogen-bond acceptors (Lipinski definition) is 3. The molecule has 1 saturated heterocycles. The van der Waals surface area contributed by atoms with E-state index in [4.69, 9.17) is 10.5 Å². The maximum atomic E-state index is 6.02. The fourth-order valence-electron chi connectivity index (χ4n) is 2.20. The van der Waals surface area contributed by atoms with Gasteiger partial charge in [0.2, 0.25) is 0 Å². The highest BCUT2D eigenvalue weighted by Crippen LogP contribution is 2.23. The van der Waals surface area contributed by atoms with Crippen LogP contribution in [0.1, 0.15) is 32.3 Å². The Morgan fingerprint density at radius 2 is 1.83 bits per heavy atom. The molecule has 0 saturated carbocycles. The Labute approximate surface area is 114 Å². The maximum absolute atomic E-state index is 6.02. The lowest BCUT2D eigenvalue weighted by atomic mass is 9.96. The van der Waals surface area contributed by atoms with Crippen molar-refractivity contribution in [1.29, 1.82) is 0 Å². The monoisotopic (exact) mass is 265 g/mol. The highest BCUT2D eigenvalue weighted by atomic mass is 32.2. The Bertz CT molecular complexity index is 363. The Hall–Kier alpha value is -0.670. The smallest absolute Gasteiger partial charge is 0.119 e. The highest BCUT2D eigenvalue weighted by Gasteiger charge is 2.15. The van der Waals surface area contributed by atoms with E-state index in [-0.39, 0.29) is 5.54 Å². The van der Waals surface area contributed by atoms with Gasteiger partial charge in [0.05, 0.1) is 0 Å². The molecule has 0 atom stereocenters. The minimum atomic E-state index is -0.150. The zero-order valence-corrected chi connectivity index (χ0v) is 12.1. The number of nitrogens with two attached hydrogens (primary N) is 1. The molecule has 2 N–H and O–H groups in total. The molecule has 18 heavy (non-hydrogen) atoms. The zero-order chi connectivity index (χ0) is 13.0. The van der Waals surface area contributed by atoms with Crippen molar-refractivity contribution in [2.24, 2.45) is 5.73 Å². The lowest BCUT2D eigenvalue weighted by molar-refractivity contribution is 0.192. The van der Waals surface area contributed by atoms with Gasteiger partial charge in [0.1, 0.15) is 11.9 Å². The summed E-state index contributed by atoms with van der Waals surface area (Å²) in [6.45, 7) is 4.11. The van der Waals surface area contributed by atoms with Crippen LogP contribution in [0.5, 0.6) is 5.75 Å². The summed E-state index contributed by atoms with van der Waals surface area (Å²) in [5.74, 6) is 3.44. The molecule has 0 aliphatic carbocycles. The third-order valence-electron chi connectivity index (χ3n) is 3.05. The van der Waals surface area contributed by atoms with Crippen LogP contribution in [-0.4, -0.2) is 23.1 Å². The fraction of sp³-hybridized carbons (Fsp3) is 0.600. The Balaban J connectivity index is 1.90. The molecule has 2 nitrogen and oxygen atoms in total. The van der Waals surface area contributed by atoms with Crippen molar-refractivity contribution in [3.63, 3.8) is 0 Å². The molecule has 3 heteroatoms. The van der Waals surface area contributed by atoms with Crippen LogP contribution in [0.3, 0.4) is 0 Å². The lowest BCUT2D eigenvalue weighted by Crippen LogP contribution is -2.34. The Morgan fingerprint density at radius 3 is 2.39 bits per heavy atom. The van der Waals surface area contributed by atoms with E-state index in [1.165, 1.54) is 29.9 Å². The second-order valence-corrected chi connectivity index (χ2v) is 6.96. The van der Waals surface area contributed by atoms with Crippen molar-refractivity contribution in [3.8, 4) is 5.75 Å². The summed E-state index contributed by atoms with van der Waals surface area (Å²) in [6, 6.07) is 8.40. The van der Waals surface area contributed by atoms with Gasteiger partial charge in [-0.15, -0.1) is 0 Å². The van der Waals surface area contributed by atoms with Crippen LogP contribution in [0.15, 0.2) is 24.3 Å². The first kappa shape index (κ1) is 13.8. The van der Waals surface area contributed by atoms with Crippen molar-refractivity contribution in [3.05, 3.63) is 29.8 Å². The van der Waals surface area contributed by atoms with Crippen LogP contribution < -0.4 is 10.5 Å². The first-order valence-electron chi connectivity index (χ1n) is 6.65. The molecule has 2 rings (SSSR count). The third kappa shape index (κ3) is 4.54. The standard InChI is InChI=1S/C15H23NOS/c1-15(2,16)11-12-3-5-13(6-4-12)17-14-7-9-18-10-8-14/h3-6,14H,7-11,16H2,1-2H3. The molecule has 1 aromatic carbocycles. The van der Waals surface area contributed by atoms with Gasteiger partial charge in [-0.25, -0.2) is 0 Å². The van der Waals surface area contributed by atoms with Crippen molar-refractivity contribution >= 4 is 11.8 Å². The topological polar surface area (TPSA) is 35.2 Å². The van der Waals surface area contributed by atoms with E-state index in [1.807, 2.05) is 11.8 Å². The van der Waals surface area contributed by atoms with E-state index in [9.17, 15) is 0 Å². The molecule has 0 amide bonds. The summed E-state index contributed by atoms with van der Waals surface area (Å²) in [7, 11) is 0. The predicted molar refractivity (Wildman–Crippen MR) is 79.4 cm³/mol. The van der Waals surface area contributed by atoms with Crippen molar-refractivity contribution < 1.29 is 4.74 Å². The minimum absolute atomic E-state index is 0.150. The van der Waals surface area contributed by atoms with E-state index in [0.717, 1.165) is 12.2 Å². The normalized spacial score (nSPS) is 17.7. The van der Waals surface area contributed by atoms with Crippen molar-refractivity contribution in [1.82, 2.24) is 0 Å². The second-order valence-electron chi connectivity index (χ2n) is 5.74. The number of benzene rings is 1. The molecule has 0 unspecified atom stereocenters. The number of rotatable bonds is 4. The summed E-state index contributed by atoms with van der Waals surface area (Å²) in [6.07, 6.45) is 3.64. The Morgan fingerprint density at radius 1 is 1.22 bits per heavy atom. The van der Waals surface area contributed by atoms with Crippen LogP contribution in [0.4, 0.5) is 0 Å². The molecule has 0 spiro atoms. The van der Waals surface area contributed by atoms with Gasteiger partial charge in [-0.05, 0) is 62.3 Å². The predicted octanol–water partition coefficient (Wildman–Crippen LogP) is 3.24. The van der Waals surface area contributed by atoms with E-state index in [0.29, 0.717) is 6.10 Å². The highest BCUT2D eigenvalue weighted by molar-refractivity contribution is 7.99. The van der Waals surface area contributed by atoms with Gasteiger partial charge in [-0.3, -0.25) is 0 Å². The molecule has 0 bridgehead atoms. The van der Waals surface area contributed by atoms with Crippen LogP contribution in [0, 0.1) is 0 Å². The maximum Gasteiger partial charge on any atom is 0.119 e. The summed E-state index contributed by atoms with van der Waals surface area (Å²) in [5, 5.41) is 0. The fourth-order valence-corrected chi connectivity index (χ4v) is 3.26. The van der Waals surface area contributed by atoms with Gasteiger partial charge in [-0.2, -0.15) is 11.8 Å². The summed E-state index contributed by atoms with van der Waals surface area (Å²) in [5.41, 5.74) is 7.14. The van der Waals surface area contributed by atoms with Gasteiger partial charge in [0.25, 0.3) is 0 Å². The molecule has 1 fully saturated rings. The van der Waals surface area contributed by atoms with E-state index in [1.54, 1.807) is 0 Å². The molecule has 0 aromatic heterocycles. The van der Waals surface area contributed by atoms with E-state index < -0.39 is 0 Å². The molecular weight excluding hydrogens is 242 g/mol. The summed E-state index contributed by atoms with van der Waals surface area (Å²) in [4.78, 5) is 0. The summed E-state index contributed by atoms with van der Waals surface area (Å²) < 4.78 is 6.00. The zero-order valence-electron chi connectivity index (χ0n) is 11.3. The van der Waals surface area contributed by atoms with Crippen LogP contribution >= 0.6 is 11.8 Å². The van der Waals surface area contributed by atoms with Crippen LogP contribution in [0.2, 0.25) is 0 Å². The minimum Gasteiger partial charge on any atom is -0.490 e. The molecule has 100 valence electrons. The van der Waals surface area contributed by atoms with Gasteiger partial charge in [0, 0.05) is 5.54 Å². The molecule has 0 radical (unpaired) electrons. The van der Waals surface area contributed by atoms with Crippen LogP contribution in [0.25, 0.3) is 0 Å². The van der Waals surface area contributed by atoms with Gasteiger partial charge >= 0.3 is 0 Å². The first-order chi connectivity index (χ1) is 8.53. The average molecular weight is 265 g/mol.